The average Bonchev–Trinajstić information content (AvgIpc) is 2.82. The normalized spacial score (nSPS) is 26.2. The van der Waals surface area contributed by atoms with Gasteiger partial charge in [0.25, 0.3) is 0 Å². The highest BCUT2D eigenvalue weighted by molar-refractivity contribution is 8.07. The van der Waals surface area contributed by atoms with Gasteiger partial charge in [0, 0.05) is 46.4 Å². The molecule has 1 N–H and O–H groups in total. The van der Waals surface area contributed by atoms with Crippen molar-refractivity contribution >= 4 is 23.5 Å². The van der Waals surface area contributed by atoms with Gasteiger partial charge in [0.05, 0.1) is 6.20 Å². The van der Waals surface area contributed by atoms with E-state index in [0.717, 1.165) is 13.0 Å². The molecular formula is C13H23N3S2. The Kier molecular flexibility index (Phi) is 5.45. The molecule has 1 aromatic heterocycles. The second-order valence-corrected chi connectivity index (χ2v) is 7.49. The van der Waals surface area contributed by atoms with E-state index in [4.69, 9.17) is 0 Å². The van der Waals surface area contributed by atoms with E-state index >= 15 is 0 Å². The zero-order valence-electron chi connectivity index (χ0n) is 11.4. The zero-order valence-corrected chi connectivity index (χ0v) is 13.1. The second kappa shape index (κ2) is 6.87. The summed E-state index contributed by atoms with van der Waals surface area (Å²) in [7, 11) is 2.06. The zero-order chi connectivity index (χ0) is 13.0. The molecule has 0 amide bonds. The van der Waals surface area contributed by atoms with Crippen molar-refractivity contribution in [1.82, 2.24) is 15.1 Å². The number of hydrogen-bond acceptors (Lipinski definition) is 4. The monoisotopic (exact) mass is 285 g/mol. The lowest BCUT2D eigenvalue weighted by Crippen LogP contribution is -2.36. The highest BCUT2D eigenvalue weighted by atomic mass is 32.2. The fraction of sp³-hybridized carbons (Fsp3) is 0.769. The molecular weight excluding hydrogens is 262 g/mol. The molecule has 0 aliphatic carbocycles. The number of hydrogen-bond donors (Lipinski definition) is 1. The molecule has 102 valence electrons. The van der Waals surface area contributed by atoms with Crippen molar-refractivity contribution in [1.29, 1.82) is 0 Å². The van der Waals surface area contributed by atoms with Crippen molar-refractivity contribution in [2.45, 2.75) is 43.4 Å². The van der Waals surface area contributed by atoms with E-state index < -0.39 is 0 Å². The van der Waals surface area contributed by atoms with Crippen molar-refractivity contribution in [3.8, 4) is 0 Å². The first-order valence-electron chi connectivity index (χ1n) is 6.69. The molecule has 5 heteroatoms. The van der Waals surface area contributed by atoms with E-state index in [9.17, 15) is 0 Å². The van der Waals surface area contributed by atoms with Crippen molar-refractivity contribution in [3.05, 3.63) is 18.0 Å². The molecule has 1 aliphatic heterocycles. The molecule has 3 nitrogen and oxygen atoms in total. The quantitative estimate of drug-likeness (QED) is 0.901. The fourth-order valence-electron chi connectivity index (χ4n) is 2.43. The van der Waals surface area contributed by atoms with E-state index in [0.29, 0.717) is 16.5 Å². The molecule has 2 heterocycles. The van der Waals surface area contributed by atoms with E-state index in [1.54, 1.807) is 0 Å². The van der Waals surface area contributed by atoms with Crippen LogP contribution in [0.4, 0.5) is 0 Å². The van der Waals surface area contributed by atoms with Crippen LogP contribution in [-0.2, 0) is 6.54 Å². The fourth-order valence-corrected chi connectivity index (χ4v) is 5.42. The maximum atomic E-state index is 4.46. The lowest BCUT2D eigenvalue weighted by molar-refractivity contribution is 0.557. The van der Waals surface area contributed by atoms with E-state index in [-0.39, 0.29) is 0 Å². The van der Waals surface area contributed by atoms with Gasteiger partial charge in [-0.1, -0.05) is 13.8 Å². The standard InChI is InChI=1S/C13H23N3S2/c1-4-5-16-9-11(8-15-16)12(14-3)13-10(2)17-6-7-18-13/h8-10,12-14H,4-7H2,1-3H3. The van der Waals surface area contributed by atoms with Gasteiger partial charge in [-0.2, -0.15) is 28.6 Å². The number of aromatic nitrogens is 2. The van der Waals surface area contributed by atoms with Gasteiger partial charge < -0.3 is 5.32 Å². The van der Waals surface area contributed by atoms with Crippen molar-refractivity contribution < 1.29 is 0 Å². The first-order valence-corrected chi connectivity index (χ1v) is 8.78. The van der Waals surface area contributed by atoms with Gasteiger partial charge in [-0.3, -0.25) is 4.68 Å². The summed E-state index contributed by atoms with van der Waals surface area (Å²) in [5.74, 6) is 2.55. The van der Waals surface area contributed by atoms with E-state index in [1.165, 1.54) is 17.1 Å². The van der Waals surface area contributed by atoms with Crippen LogP contribution >= 0.6 is 23.5 Å². The van der Waals surface area contributed by atoms with Gasteiger partial charge in [0.1, 0.15) is 0 Å². The summed E-state index contributed by atoms with van der Waals surface area (Å²) in [5, 5.41) is 9.29. The third kappa shape index (κ3) is 3.25. The van der Waals surface area contributed by atoms with Gasteiger partial charge >= 0.3 is 0 Å². The summed E-state index contributed by atoms with van der Waals surface area (Å²) in [6.07, 6.45) is 5.37. The number of rotatable bonds is 5. The molecule has 3 unspecified atom stereocenters. The van der Waals surface area contributed by atoms with Gasteiger partial charge in [-0.25, -0.2) is 0 Å². The summed E-state index contributed by atoms with van der Waals surface area (Å²) in [6, 6.07) is 0.420. The van der Waals surface area contributed by atoms with Crippen molar-refractivity contribution in [2.24, 2.45) is 0 Å². The Morgan fingerprint density at radius 3 is 2.94 bits per heavy atom. The van der Waals surface area contributed by atoms with Gasteiger partial charge in [0.2, 0.25) is 0 Å². The first kappa shape index (κ1) is 14.3. The molecule has 1 fully saturated rings. The lowest BCUT2D eigenvalue weighted by Gasteiger charge is -2.33. The van der Waals surface area contributed by atoms with Crippen molar-refractivity contribution in [2.75, 3.05) is 18.6 Å². The first-order chi connectivity index (χ1) is 8.76. The number of aryl methyl sites for hydroxylation is 1. The molecule has 0 saturated carbocycles. The topological polar surface area (TPSA) is 29.9 Å². The Labute approximate surface area is 118 Å². The Bertz CT molecular complexity index is 367. The Hall–Kier alpha value is -0.130. The van der Waals surface area contributed by atoms with Gasteiger partial charge in [-0.05, 0) is 13.5 Å². The summed E-state index contributed by atoms with van der Waals surface area (Å²) in [6.45, 7) is 5.55. The second-order valence-electron chi connectivity index (χ2n) is 4.71. The summed E-state index contributed by atoms with van der Waals surface area (Å²) < 4.78 is 2.06. The lowest BCUT2D eigenvalue weighted by atomic mass is 10.1. The predicted octanol–water partition coefficient (Wildman–Crippen LogP) is 2.79. The maximum Gasteiger partial charge on any atom is 0.0538 e. The summed E-state index contributed by atoms with van der Waals surface area (Å²) in [5.41, 5.74) is 1.33. The van der Waals surface area contributed by atoms with E-state index in [1.807, 2.05) is 6.20 Å². The maximum absolute atomic E-state index is 4.46. The minimum absolute atomic E-state index is 0.420. The minimum atomic E-state index is 0.420. The molecule has 1 aromatic rings. The average molecular weight is 285 g/mol. The molecule has 0 aromatic carbocycles. The largest absolute Gasteiger partial charge is 0.312 e. The number of nitrogens with zero attached hydrogens (tertiary/aromatic N) is 2. The molecule has 2 rings (SSSR count). The van der Waals surface area contributed by atoms with Crippen LogP contribution in [0.3, 0.4) is 0 Å². The van der Waals surface area contributed by atoms with E-state index in [2.05, 4.69) is 65.7 Å². The van der Waals surface area contributed by atoms with Crippen LogP contribution in [0.1, 0.15) is 31.9 Å². The van der Waals surface area contributed by atoms with Crippen LogP contribution in [0, 0.1) is 0 Å². The third-order valence-corrected chi connectivity index (χ3v) is 6.54. The van der Waals surface area contributed by atoms with Crippen LogP contribution in [0.2, 0.25) is 0 Å². The molecule has 0 bridgehead atoms. The Balaban J connectivity index is 2.10. The van der Waals surface area contributed by atoms with Crippen LogP contribution in [0.15, 0.2) is 12.4 Å². The van der Waals surface area contributed by atoms with Crippen LogP contribution in [-0.4, -0.2) is 38.8 Å². The number of nitrogens with one attached hydrogen (secondary N) is 1. The SMILES string of the molecule is CCCn1cc(C(NC)C2SCCSC2C)cn1. The molecule has 18 heavy (non-hydrogen) atoms. The number of thioether (sulfide) groups is 2. The Morgan fingerprint density at radius 1 is 1.50 bits per heavy atom. The van der Waals surface area contributed by atoms with Crippen LogP contribution in [0.5, 0.6) is 0 Å². The Morgan fingerprint density at radius 2 is 2.28 bits per heavy atom. The summed E-state index contributed by atoms with van der Waals surface area (Å²) >= 11 is 4.19. The van der Waals surface area contributed by atoms with Gasteiger partial charge in [-0.15, -0.1) is 0 Å². The molecule has 0 radical (unpaired) electrons. The highest BCUT2D eigenvalue weighted by Crippen LogP contribution is 2.38. The summed E-state index contributed by atoms with van der Waals surface area (Å²) in [4.78, 5) is 0. The highest BCUT2D eigenvalue weighted by Gasteiger charge is 2.31. The molecule has 0 spiro atoms. The predicted molar refractivity (Wildman–Crippen MR) is 82.5 cm³/mol. The van der Waals surface area contributed by atoms with Gasteiger partial charge in [0.15, 0.2) is 0 Å². The van der Waals surface area contributed by atoms with Crippen LogP contribution < -0.4 is 5.32 Å². The molecule has 1 aliphatic rings. The third-order valence-electron chi connectivity index (χ3n) is 3.34. The van der Waals surface area contributed by atoms with Crippen LogP contribution in [0.25, 0.3) is 0 Å². The minimum Gasteiger partial charge on any atom is -0.312 e. The molecule has 3 atom stereocenters. The smallest absolute Gasteiger partial charge is 0.0538 e. The van der Waals surface area contributed by atoms with Crippen molar-refractivity contribution in [3.63, 3.8) is 0 Å². The molecule has 1 saturated heterocycles.